The quantitative estimate of drug-likeness (QED) is 0.784. The van der Waals surface area contributed by atoms with Gasteiger partial charge in [-0.2, -0.15) is 0 Å². The number of carbonyl (C=O) groups is 1. The van der Waals surface area contributed by atoms with Gasteiger partial charge in [-0.05, 0) is 31.2 Å². The Morgan fingerprint density at radius 3 is 2.92 bits per heavy atom. The summed E-state index contributed by atoms with van der Waals surface area (Å²) in [5, 5.41) is 7.88. The molecular formula is C16H21N5O2S. The Balaban J connectivity index is 1.46. The maximum atomic E-state index is 12.0. The van der Waals surface area contributed by atoms with E-state index in [0.29, 0.717) is 18.2 Å². The standard InChI is InChI=1S/C16H21N5O2S/c1-11-9-14(22)20-15(18-11)21-6-4-12(5-7-21)19-16(23)17-10-13-3-2-8-24-13/h2-3,8-9,12H,4-7,10H2,1H3,(H2,17,19,23)(H,18,20,22). The summed E-state index contributed by atoms with van der Waals surface area (Å²) < 4.78 is 0. The van der Waals surface area contributed by atoms with Gasteiger partial charge in [-0.25, -0.2) is 9.78 Å². The predicted molar refractivity (Wildman–Crippen MR) is 94.5 cm³/mol. The largest absolute Gasteiger partial charge is 0.342 e. The van der Waals surface area contributed by atoms with Crippen molar-refractivity contribution < 1.29 is 4.79 Å². The summed E-state index contributed by atoms with van der Waals surface area (Å²) in [5.41, 5.74) is 0.577. The highest BCUT2D eigenvalue weighted by atomic mass is 32.1. The Hall–Kier alpha value is -2.35. The van der Waals surface area contributed by atoms with E-state index in [0.717, 1.165) is 30.8 Å². The van der Waals surface area contributed by atoms with Crippen molar-refractivity contribution >= 4 is 23.3 Å². The number of nitrogens with one attached hydrogen (secondary N) is 3. The van der Waals surface area contributed by atoms with Crippen LogP contribution in [0.25, 0.3) is 0 Å². The number of aromatic amines is 1. The van der Waals surface area contributed by atoms with E-state index in [-0.39, 0.29) is 17.6 Å². The first-order valence-electron chi connectivity index (χ1n) is 8.00. The molecule has 0 bridgehead atoms. The maximum absolute atomic E-state index is 12.0. The van der Waals surface area contributed by atoms with Gasteiger partial charge >= 0.3 is 6.03 Å². The van der Waals surface area contributed by atoms with Crippen molar-refractivity contribution in [2.75, 3.05) is 18.0 Å². The van der Waals surface area contributed by atoms with Crippen LogP contribution < -0.4 is 21.1 Å². The minimum Gasteiger partial charge on any atom is -0.342 e. The van der Waals surface area contributed by atoms with Gasteiger partial charge in [-0.3, -0.25) is 9.78 Å². The number of piperidine rings is 1. The Morgan fingerprint density at radius 2 is 2.25 bits per heavy atom. The molecule has 3 rings (SSSR count). The number of aromatic nitrogens is 2. The smallest absolute Gasteiger partial charge is 0.315 e. The zero-order valence-electron chi connectivity index (χ0n) is 13.5. The van der Waals surface area contributed by atoms with Crippen molar-refractivity contribution in [2.24, 2.45) is 0 Å². The summed E-state index contributed by atoms with van der Waals surface area (Å²) in [6, 6.07) is 5.46. The van der Waals surface area contributed by atoms with Gasteiger partial charge in [-0.1, -0.05) is 6.07 Å². The number of amides is 2. The van der Waals surface area contributed by atoms with Gasteiger partial charge in [0, 0.05) is 35.8 Å². The fourth-order valence-electron chi connectivity index (χ4n) is 2.77. The highest BCUT2D eigenvalue weighted by Gasteiger charge is 2.22. The molecule has 1 saturated heterocycles. The molecule has 2 aromatic rings. The molecule has 128 valence electrons. The van der Waals surface area contributed by atoms with Gasteiger partial charge < -0.3 is 15.5 Å². The van der Waals surface area contributed by atoms with Crippen LogP contribution in [0.1, 0.15) is 23.4 Å². The summed E-state index contributed by atoms with van der Waals surface area (Å²) in [7, 11) is 0. The van der Waals surface area contributed by atoms with Crippen molar-refractivity contribution in [3.05, 3.63) is 44.5 Å². The fourth-order valence-corrected chi connectivity index (χ4v) is 3.41. The Labute approximate surface area is 144 Å². The molecule has 0 aliphatic carbocycles. The number of carbonyl (C=O) groups excluding carboxylic acids is 1. The average Bonchev–Trinajstić information content (AvgIpc) is 3.06. The molecule has 3 N–H and O–H groups in total. The van der Waals surface area contributed by atoms with Crippen LogP contribution in [-0.4, -0.2) is 35.1 Å². The van der Waals surface area contributed by atoms with Crippen LogP contribution in [0.4, 0.5) is 10.7 Å². The third kappa shape index (κ3) is 4.35. The first-order valence-corrected chi connectivity index (χ1v) is 8.88. The molecule has 1 aliphatic rings. The molecule has 2 aromatic heterocycles. The first-order chi connectivity index (χ1) is 11.6. The number of nitrogens with zero attached hydrogens (tertiary/aromatic N) is 2. The first kappa shape index (κ1) is 16.5. The van der Waals surface area contributed by atoms with Gasteiger partial charge in [0.25, 0.3) is 5.56 Å². The molecule has 7 nitrogen and oxygen atoms in total. The van der Waals surface area contributed by atoms with E-state index in [4.69, 9.17) is 0 Å². The van der Waals surface area contributed by atoms with E-state index in [1.165, 1.54) is 6.07 Å². The monoisotopic (exact) mass is 347 g/mol. The van der Waals surface area contributed by atoms with Crippen molar-refractivity contribution in [3.63, 3.8) is 0 Å². The maximum Gasteiger partial charge on any atom is 0.315 e. The van der Waals surface area contributed by atoms with Gasteiger partial charge in [-0.15, -0.1) is 11.3 Å². The van der Waals surface area contributed by atoms with Gasteiger partial charge in [0.2, 0.25) is 5.95 Å². The van der Waals surface area contributed by atoms with E-state index < -0.39 is 0 Å². The lowest BCUT2D eigenvalue weighted by molar-refractivity contribution is 0.234. The number of urea groups is 1. The number of hydrogen-bond acceptors (Lipinski definition) is 5. The fraction of sp³-hybridized carbons (Fsp3) is 0.438. The second kappa shape index (κ2) is 7.48. The summed E-state index contributed by atoms with van der Waals surface area (Å²) >= 11 is 1.63. The SMILES string of the molecule is Cc1cc(=O)[nH]c(N2CCC(NC(=O)NCc3cccs3)CC2)n1. The van der Waals surface area contributed by atoms with E-state index >= 15 is 0 Å². The van der Waals surface area contributed by atoms with Gasteiger partial charge in [0.1, 0.15) is 0 Å². The highest BCUT2D eigenvalue weighted by molar-refractivity contribution is 7.09. The van der Waals surface area contributed by atoms with Crippen LogP contribution in [0.2, 0.25) is 0 Å². The third-order valence-electron chi connectivity index (χ3n) is 3.99. The van der Waals surface area contributed by atoms with Crippen molar-refractivity contribution in [1.82, 2.24) is 20.6 Å². The molecule has 1 fully saturated rings. The summed E-state index contributed by atoms with van der Waals surface area (Å²) in [6.07, 6.45) is 1.65. The molecule has 3 heterocycles. The Kier molecular flexibility index (Phi) is 5.14. The molecule has 24 heavy (non-hydrogen) atoms. The normalized spacial score (nSPS) is 15.3. The summed E-state index contributed by atoms with van der Waals surface area (Å²) in [4.78, 5) is 33.8. The molecule has 0 aromatic carbocycles. The molecule has 0 spiro atoms. The Morgan fingerprint density at radius 1 is 1.46 bits per heavy atom. The highest BCUT2D eigenvalue weighted by Crippen LogP contribution is 2.15. The number of rotatable bonds is 4. The summed E-state index contributed by atoms with van der Waals surface area (Å²) in [5.74, 6) is 0.612. The number of hydrogen-bond donors (Lipinski definition) is 3. The molecule has 2 amide bonds. The predicted octanol–water partition coefficient (Wildman–Crippen LogP) is 1.61. The lowest BCUT2D eigenvalue weighted by atomic mass is 10.1. The van der Waals surface area contributed by atoms with Gasteiger partial charge in [0.15, 0.2) is 0 Å². The van der Waals surface area contributed by atoms with Crippen molar-refractivity contribution in [3.8, 4) is 0 Å². The van der Waals surface area contributed by atoms with Crippen LogP contribution in [0.5, 0.6) is 0 Å². The lowest BCUT2D eigenvalue weighted by Crippen LogP contribution is -2.48. The van der Waals surface area contributed by atoms with E-state index in [1.807, 2.05) is 24.4 Å². The molecular weight excluding hydrogens is 326 g/mol. The van der Waals surface area contributed by atoms with Crippen LogP contribution >= 0.6 is 11.3 Å². The number of thiophene rings is 1. The van der Waals surface area contributed by atoms with Crippen LogP contribution in [-0.2, 0) is 6.54 Å². The second-order valence-electron chi connectivity index (χ2n) is 5.88. The lowest BCUT2D eigenvalue weighted by Gasteiger charge is -2.32. The zero-order chi connectivity index (χ0) is 16.9. The van der Waals surface area contributed by atoms with Gasteiger partial charge in [0.05, 0.1) is 6.54 Å². The minimum absolute atomic E-state index is 0.134. The second-order valence-corrected chi connectivity index (χ2v) is 6.91. The third-order valence-corrected chi connectivity index (χ3v) is 4.87. The molecule has 1 aliphatic heterocycles. The number of anilines is 1. The minimum atomic E-state index is -0.135. The Bertz CT molecular complexity index is 735. The van der Waals surface area contributed by atoms with Crippen LogP contribution in [0.15, 0.2) is 28.4 Å². The molecule has 0 saturated carbocycles. The average molecular weight is 347 g/mol. The zero-order valence-corrected chi connectivity index (χ0v) is 14.4. The van der Waals surface area contributed by atoms with Crippen molar-refractivity contribution in [2.45, 2.75) is 32.4 Å². The van der Waals surface area contributed by atoms with Crippen LogP contribution in [0, 0.1) is 6.92 Å². The topological polar surface area (TPSA) is 90.1 Å². The van der Waals surface area contributed by atoms with Crippen molar-refractivity contribution in [1.29, 1.82) is 0 Å². The molecule has 0 unspecified atom stereocenters. The molecule has 0 radical (unpaired) electrons. The number of H-pyrrole nitrogens is 1. The number of aryl methyl sites for hydroxylation is 1. The summed E-state index contributed by atoms with van der Waals surface area (Å²) in [6.45, 7) is 3.87. The van der Waals surface area contributed by atoms with E-state index in [9.17, 15) is 9.59 Å². The van der Waals surface area contributed by atoms with E-state index in [1.54, 1.807) is 11.3 Å². The molecule has 0 atom stereocenters. The van der Waals surface area contributed by atoms with E-state index in [2.05, 4.69) is 25.5 Å². The van der Waals surface area contributed by atoms with Crippen LogP contribution in [0.3, 0.4) is 0 Å². The molecule has 8 heteroatoms.